The Morgan fingerprint density at radius 3 is 2.76 bits per heavy atom. The smallest absolute Gasteiger partial charge is 0.354 e. The van der Waals surface area contributed by atoms with E-state index in [2.05, 4.69) is 22.4 Å². The van der Waals surface area contributed by atoms with Gasteiger partial charge in [-0.05, 0) is 12.5 Å². The van der Waals surface area contributed by atoms with Crippen molar-refractivity contribution in [1.82, 2.24) is 15.2 Å². The predicted octanol–water partition coefficient (Wildman–Crippen LogP) is 2.26. The van der Waals surface area contributed by atoms with Crippen LogP contribution in [0.1, 0.15) is 51.1 Å². The van der Waals surface area contributed by atoms with E-state index in [1.807, 2.05) is 0 Å². The van der Waals surface area contributed by atoms with Crippen molar-refractivity contribution < 1.29 is 24.0 Å². The topological polar surface area (TPSA) is 136 Å². The number of nitrogen functional groups attached to an aromatic ring is 1. The third kappa shape index (κ3) is 6.05. The van der Waals surface area contributed by atoms with E-state index in [4.69, 9.17) is 15.3 Å². The van der Waals surface area contributed by atoms with Crippen LogP contribution in [0.25, 0.3) is 0 Å². The van der Waals surface area contributed by atoms with Crippen molar-refractivity contribution in [2.24, 2.45) is 5.16 Å². The number of nitrogens with zero attached hydrogens (tertiary/aromatic N) is 3. The van der Waals surface area contributed by atoms with Gasteiger partial charge in [0.25, 0.3) is 11.8 Å². The number of carbonyl (C=O) groups is 3. The molecule has 3 N–H and O–H groups in total. The van der Waals surface area contributed by atoms with Crippen LogP contribution in [0, 0.1) is 0 Å². The molecule has 33 heavy (non-hydrogen) atoms. The molecule has 1 aromatic heterocycles. The number of fused-ring (bicyclic) bond motifs is 1. The zero-order chi connectivity index (χ0) is 23.8. The average Bonchev–Trinajstić information content (AvgIpc) is 3.25. The van der Waals surface area contributed by atoms with Crippen LogP contribution in [-0.2, 0) is 24.0 Å². The summed E-state index contributed by atoms with van der Waals surface area (Å²) in [6.07, 6.45) is 8.23. The highest BCUT2D eigenvalue weighted by atomic mass is 32.2. The number of anilines is 1. The zero-order valence-electron chi connectivity index (χ0n) is 18.7. The Bertz CT molecular complexity index is 932. The number of aromatic nitrogens is 1. The van der Waals surface area contributed by atoms with Crippen LogP contribution in [0.5, 0.6) is 0 Å². The molecule has 0 saturated carbocycles. The van der Waals surface area contributed by atoms with Crippen molar-refractivity contribution in [2.45, 2.75) is 56.9 Å². The van der Waals surface area contributed by atoms with Gasteiger partial charge in [0, 0.05) is 11.1 Å². The SMILES string of the molecule is CCCCCCCCOC(=O)C1=CCS[C@@H]2C(NC(=O)C(=NOC)c3csc(N)n3)C(=O)N12. The number of thiazole rings is 1. The molecular formula is C21H29N5O5S2. The molecule has 3 heterocycles. The lowest BCUT2D eigenvalue weighted by molar-refractivity contribution is -0.152. The van der Waals surface area contributed by atoms with Crippen LogP contribution in [-0.4, -0.2) is 64.3 Å². The van der Waals surface area contributed by atoms with Gasteiger partial charge in [0.1, 0.15) is 29.9 Å². The summed E-state index contributed by atoms with van der Waals surface area (Å²) in [6, 6.07) is -0.796. The number of nitrogens with two attached hydrogens (primary N) is 1. The Hall–Kier alpha value is -2.60. The number of hydrogen-bond donors (Lipinski definition) is 2. The van der Waals surface area contributed by atoms with Gasteiger partial charge in [-0.3, -0.25) is 14.5 Å². The second-order valence-corrected chi connectivity index (χ2v) is 9.61. The maximum atomic E-state index is 12.8. The lowest BCUT2D eigenvalue weighted by atomic mass is 10.0. The summed E-state index contributed by atoms with van der Waals surface area (Å²) in [4.78, 5) is 48.3. The number of oxime groups is 1. The summed E-state index contributed by atoms with van der Waals surface area (Å²) in [5.41, 5.74) is 6.06. The second-order valence-electron chi connectivity index (χ2n) is 7.57. The standard InChI is InChI=1S/C21H29N5O5S2/c1-3-4-5-6-7-8-10-31-20(29)14-9-11-32-19-16(18(28)26(14)19)24-17(27)15(25-30-2)13-12-33-21(22)23-13/h9,12,16,19H,3-8,10-11H2,1-2H3,(H2,22,23)(H,24,27)/t16?,19-/m1/s1. The molecule has 0 aliphatic carbocycles. The molecule has 0 spiro atoms. The highest BCUT2D eigenvalue weighted by molar-refractivity contribution is 8.00. The van der Waals surface area contributed by atoms with Gasteiger partial charge in [-0.2, -0.15) is 0 Å². The quantitative estimate of drug-likeness (QED) is 0.148. The Morgan fingerprint density at radius 1 is 1.30 bits per heavy atom. The minimum atomic E-state index is -0.796. The van der Waals surface area contributed by atoms with Gasteiger partial charge in [-0.25, -0.2) is 9.78 Å². The van der Waals surface area contributed by atoms with Gasteiger partial charge < -0.3 is 20.6 Å². The molecule has 3 rings (SSSR count). The Kier molecular flexibility index (Phi) is 9.12. The number of rotatable bonds is 12. The van der Waals surface area contributed by atoms with Crippen molar-refractivity contribution >= 4 is 51.7 Å². The molecule has 1 aromatic rings. The van der Waals surface area contributed by atoms with Gasteiger partial charge in [0.2, 0.25) is 0 Å². The Morgan fingerprint density at radius 2 is 2.06 bits per heavy atom. The van der Waals surface area contributed by atoms with Crippen LogP contribution in [0.15, 0.2) is 22.3 Å². The summed E-state index contributed by atoms with van der Waals surface area (Å²) in [5, 5.41) is 7.88. The third-order valence-corrected chi connectivity index (χ3v) is 7.09. The summed E-state index contributed by atoms with van der Waals surface area (Å²) >= 11 is 2.62. The molecule has 1 saturated heterocycles. The molecule has 2 aliphatic rings. The molecule has 1 fully saturated rings. The van der Waals surface area contributed by atoms with Crippen molar-refractivity contribution in [2.75, 3.05) is 25.2 Å². The van der Waals surface area contributed by atoms with E-state index in [0.717, 1.165) is 30.6 Å². The summed E-state index contributed by atoms with van der Waals surface area (Å²) in [7, 11) is 1.31. The van der Waals surface area contributed by atoms with E-state index in [9.17, 15) is 14.4 Å². The summed E-state index contributed by atoms with van der Waals surface area (Å²) < 4.78 is 5.38. The Balaban J connectivity index is 1.53. The number of nitrogens with one attached hydrogen (secondary N) is 1. The van der Waals surface area contributed by atoms with Crippen molar-refractivity contribution in [3.8, 4) is 0 Å². The normalized spacial score (nSPS) is 19.9. The van der Waals surface area contributed by atoms with E-state index >= 15 is 0 Å². The van der Waals surface area contributed by atoms with E-state index in [1.54, 1.807) is 11.5 Å². The first-order valence-corrected chi connectivity index (χ1v) is 12.9. The van der Waals surface area contributed by atoms with Gasteiger partial charge in [-0.1, -0.05) is 44.2 Å². The monoisotopic (exact) mass is 495 g/mol. The van der Waals surface area contributed by atoms with E-state index < -0.39 is 23.3 Å². The second kappa shape index (κ2) is 12.0. The van der Waals surface area contributed by atoms with E-state index in [-0.39, 0.29) is 28.1 Å². The molecular weight excluding hydrogens is 466 g/mol. The molecule has 2 amide bonds. The van der Waals surface area contributed by atoms with Crippen LogP contribution >= 0.6 is 23.1 Å². The minimum absolute atomic E-state index is 0.0772. The molecule has 0 aromatic carbocycles. The van der Waals surface area contributed by atoms with Crippen molar-refractivity contribution in [3.63, 3.8) is 0 Å². The molecule has 2 aliphatic heterocycles. The summed E-state index contributed by atoms with van der Waals surface area (Å²) in [6.45, 7) is 2.50. The van der Waals surface area contributed by atoms with E-state index in [0.29, 0.717) is 12.4 Å². The molecule has 12 heteroatoms. The maximum absolute atomic E-state index is 12.8. The predicted molar refractivity (Wildman–Crippen MR) is 128 cm³/mol. The Labute approximate surface area is 200 Å². The molecule has 1 unspecified atom stereocenters. The van der Waals surface area contributed by atoms with Crippen LogP contribution in [0.3, 0.4) is 0 Å². The summed E-state index contributed by atoms with van der Waals surface area (Å²) in [5.74, 6) is -0.962. The fourth-order valence-corrected chi connectivity index (χ4v) is 5.29. The number of hydrogen-bond acceptors (Lipinski definition) is 10. The first-order chi connectivity index (χ1) is 16.0. The fourth-order valence-electron chi connectivity index (χ4n) is 3.55. The van der Waals surface area contributed by atoms with Crippen molar-refractivity contribution in [1.29, 1.82) is 0 Å². The van der Waals surface area contributed by atoms with Gasteiger partial charge in [0.05, 0.1) is 6.61 Å². The van der Waals surface area contributed by atoms with Crippen LogP contribution in [0.2, 0.25) is 0 Å². The molecule has 0 bridgehead atoms. The third-order valence-electron chi connectivity index (χ3n) is 5.24. The first kappa shape index (κ1) is 25.0. The largest absolute Gasteiger partial charge is 0.461 e. The number of β-lactam (4-membered cyclic amide) rings is 1. The molecule has 180 valence electrons. The lowest BCUT2D eigenvalue weighted by Crippen LogP contribution is -2.70. The number of ether oxygens (including phenoxy) is 1. The first-order valence-electron chi connectivity index (χ1n) is 10.9. The van der Waals surface area contributed by atoms with Crippen LogP contribution < -0.4 is 11.1 Å². The molecule has 10 nitrogen and oxygen atoms in total. The van der Waals surface area contributed by atoms with E-state index in [1.165, 1.54) is 43.0 Å². The van der Waals surface area contributed by atoms with Gasteiger partial charge in [-0.15, -0.1) is 23.1 Å². The number of carbonyl (C=O) groups excluding carboxylic acids is 3. The van der Waals surface area contributed by atoms with Gasteiger partial charge in [0.15, 0.2) is 10.8 Å². The lowest BCUT2D eigenvalue weighted by Gasteiger charge is -2.48. The number of esters is 1. The van der Waals surface area contributed by atoms with Gasteiger partial charge >= 0.3 is 5.97 Å². The zero-order valence-corrected chi connectivity index (χ0v) is 20.4. The van der Waals surface area contributed by atoms with Crippen molar-refractivity contribution in [3.05, 3.63) is 22.8 Å². The number of unbranched alkanes of at least 4 members (excludes halogenated alkanes) is 5. The average molecular weight is 496 g/mol. The highest BCUT2D eigenvalue weighted by Crippen LogP contribution is 2.37. The fraction of sp³-hybridized carbons (Fsp3) is 0.571. The van der Waals surface area contributed by atoms with Crippen LogP contribution in [0.4, 0.5) is 5.13 Å². The molecule has 2 atom stereocenters. The maximum Gasteiger partial charge on any atom is 0.354 e. The molecule has 0 radical (unpaired) electrons. The number of amides is 2. The highest BCUT2D eigenvalue weighted by Gasteiger charge is 2.53. The number of thioether (sulfide) groups is 1. The minimum Gasteiger partial charge on any atom is -0.461 e.